The minimum atomic E-state index is -4.45. The zero-order valence-electron chi connectivity index (χ0n) is 14.9. The van der Waals surface area contributed by atoms with Crippen LogP contribution in [0.2, 0.25) is 0 Å². The highest BCUT2D eigenvalue weighted by Gasteiger charge is 2.30. The molecule has 1 amide bonds. The zero-order valence-corrected chi connectivity index (χ0v) is 15.7. The summed E-state index contributed by atoms with van der Waals surface area (Å²) in [5.41, 5.74) is 0.326. The monoisotopic (exact) mass is 413 g/mol. The van der Waals surface area contributed by atoms with Gasteiger partial charge in [-0.1, -0.05) is 11.8 Å². The second-order valence-electron chi connectivity index (χ2n) is 6.43. The van der Waals surface area contributed by atoms with Gasteiger partial charge in [0, 0.05) is 19.3 Å². The summed E-state index contributed by atoms with van der Waals surface area (Å²) in [5, 5.41) is 3.01. The summed E-state index contributed by atoms with van der Waals surface area (Å²) >= 11 is 1.01. The molecule has 4 nitrogen and oxygen atoms in total. The van der Waals surface area contributed by atoms with Gasteiger partial charge < -0.3 is 10.2 Å². The van der Waals surface area contributed by atoms with Crippen LogP contribution in [0.5, 0.6) is 0 Å². The van der Waals surface area contributed by atoms with Gasteiger partial charge in [0.1, 0.15) is 5.82 Å². The summed E-state index contributed by atoms with van der Waals surface area (Å²) in [7, 11) is 0. The standard InChI is InChI=1S/C19H19F4N3OS/c20-14-5-6-16(26-8-2-1-3-9-26)15(10-14)25-17(27)12-28-18-7-4-13(11-24-18)19(21,22)23/h4-7,10-11H,1-3,8-9,12H2,(H,25,27). The molecule has 9 heteroatoms. The van der Waals surface area contributed by atoms with Crippen molar-refractivity contribution in [3.63, 3.8) is 0 Å². The lowest BCUT2D eigenvalue weighted by molar-refractivity contribution is -0.137. The topological polar surface area (TPSA) is 45.2 Å². The number of hydrogen-bond donors (Lipinski definition) is 1. The van der Waals surface area contributed by atoms with Crippen molar-refractivity contribution in [2.45, 2.75) is 30.5 Å². The Morgan fingerprint density at radius 2 is 1.89 bits per heavy atom. The van der Waals surface area contributed by atoms with Gasteiger partial charge in [-0.2, -0.15) is 13.2 Å². The molecular weight excluding hydrogens is 394 g/mol. The van der Waals surface area contributed by atoms with Crippen LogP contribution in [0, 0.1) is 5.82 Å². The van der Waals surface area contributed by atoms with Crippen LogP contribution in [0.25, 0.3) is 0 Å². The van der Waals surface area contributed by atoms with Gasteiger partial charge in [-0.25, -0.2) is 9.37 Å². The van der Waals surface area contributed by atoms with Gasteiger partial charge >= 0.3 is 6.18 Å². The highest BCUT2D eigenvalue weighted by atomic mass is 32.2. The molecule has 1 aromatic heterocycles. The fourth-order valence-electron chi connectivity index (χ4n) is 2.98. The van der Waals surface area contributed by atoms with Crippen LogP contribution >= 0.6 is 11.8 Å². The first-order chi connectivity index (χ1) is 13.3. The summed E-state index contributed by atoms with van der Waals surface area (Å²) < 4.78 is 51.3. The molecule has 1 N–H and O–H groups in total. The van der Waals surface area contributed by atoms with E-state index in [-0.39, 0.29) is 11.7 Å². The zero-order chi connectivity index (χ0) is 20.1. The van der Waals surface area contributed by atoms with E-state index in [9.17, 15) is 22.4 Å². The summed E-state index contributed by atoms with van der Waals surface area (Å²) in [6.45, 7) is 1.69. The Balaban J connectivity index is 1.62. The summed E-state index contributed by atoms with van der Waals surface area (Å²) in [6.07, 6.45) is -0.479. The van der Waals surface area contributed by atoms with E-state index in [0.29, 0.717) is 10.7 Å². The van der Waals surface area contributed by atoms with E-state index >= 15 is 0 Å². The minimum Gasteiger partial charge on any atom is -0.370 e. The number of amides is 1. The van der Waals surface area contributed by atoms with Crippen molar-refractivity contribution >= 4 is 29.0 Å². The van der Waals surface area contributed by atoms with Crippen LogP contribution in [0.15, 0.2) is 41.6 Å². The fraction of sp³-hybridized carbons (Fsp3) is 0.368. The van der Waals surface area contributed by atoms with Crippen molar-refractivity contribution in [1.29, 1.82) is 0 Å². The molecule has 0 unspecified atom stereocenters. The van der Waals surface area contributed by atoms with E-state index in [1.54, 1.807) is 6.07 Å². The number of piperidine rings is 1. The quantitative estimate of drug-likeness (QED) is 0.556. The summed E-state index contributed by atoms with van der Waals surface area (Å²) in [5.74, 6) is -0.877. The third kappa shape index (κ3) is 5.37. The van der Waals surface area contributed by atoms with Crippen molar-refractivity contribution in [3.05, 3.63) is 47.9 Å². The van der Waals surface area contributed by atoms with Crippen LogP contribution in [0.1, 0.15) is 24.8 Å². The molecular formula is C19H19F4N3OS. The maximum Gasteiger partial charge on any atom is 0.417 e. The number of pyridine rings is 1. The van der Waals surface area contributed by atoms with Gasteiger partial charge in [0.25, 0.3) is 0 Å². The molecule has 0 spiro atoms. The number of halogens is 4. The number of nitrogens with zero attached hydrogens (tertiary/aromatic N) is 2. The molecule has 0 saturated carbocycles. The van der Waals surface area contributed by atoms with Crippen LogP contribution in [-0.4, -0.2) is 29.7 Å². The molecule has 0 radical (unpaired) electrons. The summed E-state index contributed by atoms with van der Waals surface area (Å²) in [6, 6.07) is 6.45. The Bertz CT molecular complexity index is 821. The van der Waals surface area contributed by atoms with Crippen molar-refractivity contribution in [1.82, 2.24) is 4.98 Å². The maximum atomic E-state index is 13.7. The number of nitrogens with one attached hydrogen (secondary N) is 1. The molecule has 1 aliphatic rings. The van der Waals surface area contributed by atoms with E-state index < -0.39 is 17.6 Å². The molecule has 3 rings (SSSR count). The highest BCUT2D eigenvalue weighted by Crippen LogP contribution is 2.31. The van der Waals surface area contributed by atoms with Crippen molar-refractivity contribution < 1.29 is 22.4 Å². The molecule has 150 valence electrons. The first-order valence-electron chi connectivity index (χ1n) is 8.83. The first kappa shape index (κ1) is 20.4. The van der Waals surface area contributed by atoms with E-state index in [2.05, 4.69) is 15.2 Å². The van der Waals surface area contributed by atoms with Crippen LogP contribution in [-0.2, 0) is 11.0 Å². The lowest BCUT2D eigenvalue weighted by Crippen LogP contribution is -2.30. The van der Waals surface area contributed by atoms with Gasteiger partial charge in [-0.3, -0.25) is 4.79 Å². The highest BCUT2D eigenvalue weighted by molar-refractivity contribution is 7.99. The summed E-state index contributed by atoms with van der Waals surface area (Å²) in [4.78, 5) is 18.1. The number of carbonyl (C=O) groups excluding carboxylic acids is 1. The van der Waals surface area contributed by atoms with Gasteiger partial charge in [0.2, 0.25) is 5.91 Å². The van der Waals surface area contributed by atoms with Crippen molar-refractivity contribution in [2.24, 2.45) is 0 Å². The van der Waals surface area contributed by atoms with E-state index in [4.69, 9.17) is 0 Å². The van der Waals surface area contributed by atoms with E-state index in [1.807, 2.05) is 0 Å². The number of thioether (sulfide) groups is 1. The lowest BCUT2D eigenvalue weighted by atomic mass is 10.1. The van der Waals surface area contributed by atoms with Crippen LogP contribution in [0.4, 0.5) is 28.9 Å². The van der Waals surface area contributed by atoms with Crippen molar-refractivity contribution in [2.75, 3.05) is 29.1 Å². The first-order valence-corrected chi connectivity index (χ1v) is 9.82. The molecule has 1 fully saturated rings. The second kappa shape index (κ2) is 8.81. The minimum absolute atomic E-state index is 0.0473. The van der Waals surface area contributed by atoms with E-state index in [0.717, 1.165) is 62.1 Å². The van der Waals surface area contributed by atoms with Gasteiger partial charge in [-0.15, -0.1) is 0 Å². The number of hydrogen-bond acceptors (Lipinski definition) is 4. The Kier molecular flexibility index (Phi) is 6.43. The molecule has 28 heavy (non-hydrogen) atoms. The number of benzene rings is 1. The number of rotatable bonds is 5. The van der Waals surface area contributed by atoms with Crippen LogP contribution in [0.3, 0.4) is 0 Å². The number of alkyl halides is 3. The lowest BCUT2D eigenvalue weighted by Gasteiger charge is -2.30. The SMILES string of the molecule is O=C(CSc1ccc(C(F)(F)F)cn1)Nc1cc(F)ccc1N1CCCCC1. The van der Waals surface area contributed by atoms with Crippen molar-refractivity contribution in [3.8, 4) is 0 Å². The molecule has 2 aromatic rings. The molecule has 1 aromatic carbocycles. The van der Waals surface area contributed by atoms with Crippen LogP contribution < -0.4 is 10.2 Å². The largest absolute Gasteiger partial charge is 0.417 e. The molecule has 1 aliphatic heterocycles. The average Bonchev–Trinajstić information content (AvgIpc) is 2.67. The molecule has 0 bridgehead atoms. The van der Waals surface area contributed by atoms with Gasteiger partial charge in [-0.05, 0) is 49.6 Å². The predicted octanol–water partition coefficient (Wildman–Crippen LogP) is 4.96. The van der Waals surface area contributed by atoms with Gasteiger partial charge in [0.15, 0.2) is 0 Å². The molecule has 0 atom stereocenters. The second-order valence-corrected chi connectivity index (χ2v) is 7.42. The molecule has 2 heterocycles. The molecule has 0 aliphatic carbocycles. The number of aromatic nitrogens is 1. The average molecular weight is 413 g/mol. The fourth-order valence-corrected chi connectivity index (χ4v) is 3.62. The van der Waals surface area contributed by atoms with Gasteiger partial charge in [0.05, 0.1) is 27.7 Å². The Morgan fingerprint density at radius 3 is 2.54 bits per heavy atom. The van der Waals surface area contributed by atoms with E-state index in [1.165, 1.54) is 18.2 Å². The normalized spacial score (nSPS) is 14.8. The number of anilines is 2. The Morgan fingerprint density at radius 1 is 1.14 bits per heavy atom. The predicted molar refractivity (Wildman–Crippen MR) is 101 cm³/mol. The molecule has 1 saturated heterocycles. The number of carbonyl (C=O) groups is 1. The third-order valence-corrected chi connectivity index (χ3v) is 5.29. The maximum absolute atomic E-state index is 13.7. The third-order valence-electron chi connectivity index (χ3n) is 4.34. The Hall–Kier alpha value is -2.29. The smallest absolute Gasteiger partial charge is 0.370 e. The Labute approximate surface area is 164 Å².